The molecule has 3 N–H and O–H groups in total. The molecule has 0 aromatic heterocycles. The summed E-state index contributed by atoms with van der Waals surface area (Å²) < 4.78 is 4.44. The van der Waals surface area contributed by atoms with Gasteiger partial charge in [-0.15, -0.1) is 0 Å². The second kappa shape index (κ2) is 8.29. The normalized spacial score (nSPS) is 11.5. The number of aliphatic hydroxyl groups excluding tert-OH is 1. The van der Waals surface area contributed by atoms with E-state index in [1.165, 1.54) is 19.1 Å². The maximum Gasteiger partial charge on any atom is 0.334 e. The zero-order chi connectivity index (χ0) is 14.1. The number of hydrogen-bond donors (Lipinski definition) is 3. The topological polar surface area (TPSA) is 116 Å². The minimum Gasteiger partial charge on any atom is -0.479 e. The van der Waals surface area contributed by atoms with Crippen LogP contribution < -0.4 is 5.32 Å². The molecule has 8 heteroatoms. The van der Waals surface area contributed by atoms with Crippen molar-refractivity contribution >= 4 is 18.0 Å². The maximum atomic E-state index is 11.4. The fourth-order valence-corrected chi connectivity index (χ4v) is 1.07. The number of methoxy groups -OCH3 is 1. The van der Waals surface area contributed by atoms with Gasteiger partial charge in [-0.05, 0) is 6.42 Å². The van der Waals surface area contributed by atoms with Gasteiger partial charge in [0.2, 0.25) is 0 Å². The van der Waals surface area contributed by atoms with Gasteiger partial charge in [-0.3, -0.25) is 4.79 Å². The average Bonchev–Trinajstić information content (AvgIpc) is 2.34. The second-order valence-electron chi connectivity index (χ2n) is 3.64. The van der Waals surface area contributed by atoms with Crippen LogP contribution in [0.3, 0.4) is 0 Å². The van der Waals surface area contributed by atoms with E-state index in [1.807, 2.05) is 0 Å². The molecule has 18 heavy (non-hydrogen) atoms. The van der Waals surface area contributed by atoms with Crippen LogP contribution in [-0.4, -0.2) is 66.4 Å². The van der Waals surface area contributed by atoms with Crippen molar-refractivity contribution in [2.75, 3.05) is 27.2 Å². The molecule has 0 radical (unpaired) electrons. The molecule has 0 saturated carbocycles. The second-order valence-corrected chi connectivity index (χ2v) is 3.64. The van der Waals surface area contributed by atoms with Crippen molar-refractivity contribution in [2.45, 2.75) is 18.9 Å². The number of nitrogens with one attached hydrogen (secondary N) is 1. The molecule has 0 aromatic carbocycles. The number of aliphatic carboxylic acids is 1. The summed E-state index contributed by atoms with van der Waals surface area (Å²) >= 11 is 0. The number of amides is 2. The highest BCUT2D eigenvalue weighted by Crippen LogP contribution is 1.95. The molecular formula is C10H18N2O6. The summed E-state index contributed by atoms with van der Waals surface area (Å²) in [4.78, 5) is 33.8. The van der Waals surface area contributed by atoms with Crippen LogP contribution in [0.2, 0.25) is 0 Å². The molecule has 0 aliphatic carbocycles. The van der Waals surface area contributed by atoms with E-state index in [-0.39, 0.29) is 18.9 Å². The Kier molecular flexibility index (Phi) is 7.45. The Bertz CT molecular complexity index is 307. The summed E-state index contributed by atoms with van der Waals surface area (Å²) in [6.07, 6.45) is -0.985. The zero-order valence-corrected chi connectivity index (χ0v) is 10.4. The summed E-state index contributed by atoms with van der Waals surface area (Å²) in [7, 11) is 2.78. The maximum absolute atomic E-state index is 11.4. The minimum absolute atomic E-state index is 0.200. The number of ether oxygens (including phenoxy) is 1. The molecule has 8 nitrogen and oxygen atoms in total. The van der Waals surface area contributed by atoms with Gasteiger partial charge in [0.15, 0.2) is 6.10 Å². The standard InChI is InChI=1S/C10H18N2O6/c1-12(5-3-4-8(14)18-2)10(17)11-6-7(13)9(15)16/h7,13H,3-6H2,1-2H3,(H,11,17)(H,15,16)/t7-/m0/s1. The third-order valence-corrected chi connectivity index (χ3v) is 2.18. The molecule has 0 rings (SSSR count). The first kappa shape index (κ1) is 16.2. The van der Waals surface area contributed by atoms with Crippen molar-refractivity contribution in [3.63, 3.8) is 0 Å². The number of carboxylic acid groups (broad SMARTS) is 1. The van der Waals surface area contributed by atoms with Crippen LogP contribution in [0, 0.1) is 0 Å². The first-order chi connectivity index (χ1) is 8.38. The molecule has 104 valence electrons. The molecular weight excluding hydrogens is 244 g/mol. The van der Waals surface area contributed by atoms with Crippen molar-refractivity contribution in [1.82, 2.24) is 10.2 Å². The monoisotopic (exact) mass is 262 g/mol. The summed E-state index contributed by atoms with van der Waals surface area (Å²) in [5.74, 6) is -1.76. The Hall–Kier alpha value is -1.83. The van der Waals surface area contributed by atoms with Crippen LogP contribution in [0.15, 0.2) is 0 Å². The number of urea groups is 1. The Balaban J connectivity index is 3.83. The third kappa shape index (κ3) is 6.69. The van der Waals surface area contributed by atoms with Gasteiger partial charge in [0.05, 0.1) is 13.7 Å². The van der Waals surface area contributed by atoms with E-state index in [9.17, 15) is 14.4 Å². The number of carbonyl (C=O) groups is 3. The highest BCUT2D eigenvalue weighted by molar-refractivity contribution is 5.76. The molecule has 0 fully saturated rings. The van der Waals surface area contributed by atoms with Gasteiger partial charge in [-0.1, -0.05) is 0 Å². The summed E-state index contributed by atoms with van der Waals surface area (Å²) in [5, 5.41) is 19.6. The largest absolute Gasteiger partial charge is 0.479 e. The lowest BCUT2D eigenvalue weighted by atomic mass is 10.3. The minimum atomic E-state index is -1.63. The molecule has 2 amide bonds. The molecule has 0 unspecified atom stereocenters. The number of esters is 1. The van der Waals surface area contributed by atoms with Gasteiger partial charge in [0.1, 0.15) is 0 Å². The predicted octanol–water partition coefficient (Wildman–Crippen LogP) is -0.973. The van der Waals surface area contributed by atoms with Crippen LogP contribution in [0.25, 0.3) is 0 Å². The summed E-state index contributed by atoms with van der Waals surface area (Å²) in [5.41, 5.74) is 0. The van der Waals surface area contributed by atoms with Gasteiger partial charge < -0.3 is 25.2 Å². The van der Waals surface area contributed by atoms with E-state index in [4.69, 9.17) is 10.2 Å². The van der Waals surface area contributed by atoms with E-state index in [0.29, 0.717) is 13.0 Å². The van der Waals surface area contributed by atoms with Gasteiger partial charge >= 0.3 is 18.0 Å². The number of rotatable bonds is 7. The average molecular weight is 262 g/mol. The fraction of sp³-hybridized carbons (Fsp3) is 0.700. The number of carbonyl (C=O) groups excluding carboxylic acids is 2. The van der Waals surface area contributed by atoms with Gasteiger partial charge in [0, 0.05) is 20.0 Å². The van der Waals surface area contributed by atoms with E-state index in [2.05, 4.69) is 10.1 Å². The van der Waals surface area contributed by atoms with Crippen LogP contribution in [-0.2, 0) is 14.3 Å². The van der Waals surface area contributed by atoms with Crippen molar-refractivity contribution < 1.29 is 29.3 Å². The van der Waals surface area contributed by atoms with E-state index in [0.717, 1.165) is 0 Å². The van der Waals surface area contributed by atoms with Gasteiger partial charge in [0.25, 0.3) is 0 Å². The molecule has 0 spiro atoms. The Morgan fingerprint density at radius 3 is 2.50 bits per heavy atom. The van der Waals surface area contributed by atoms with Gasteiger partial charge in [-0.2, -0.15) is 0 Å². The highest BCUT2D eigenvalue weighted by atomic mass is 16.5. The molecule has 0 heterocycles. The summed E-state index contributed by atoms with van der Waals surface area (Å²) in [6.45, 7) is -0.0421. The fourth-order valence-electron chi connectivity index (χ4n) is 1.07. The number of nitrogens with zero attached hydrogens (tertiary/aromatic N) is 1. The third-order valence-electron chi connectivity index (χ3n) is 2.18. The lowest BCUT2D eigenvalue weighted by molar-refractivity contribution is -0.146. The predicted molar refractivity (Wildman–Crippen MR) is 60.9 cm³/mol. The van der Waals surface area contributed by atoms with Crippen molar-refractivity contribution in [1.29, 1.82) is 0 Å². The molecule has 0 aromatic rings. The van der Waals surface area contributed by atoms with Crippen LogP contribution in [0.1, 0.15) is 12.8 Å². The SMILES string of the molecule is COC(=O)CCCN(C)C(=O)NC[C@H](O)C(=O)O. The Labute approximate surface area is 105 Å². The quantitative estimate of drug-likeness (QED) is 0.508. The van der Waals surface area contributed by atoms with Crippen LogP contribution in [0.4, 0.5) is 4.79 Å². The Morgan fingerprint density at radius 1 is 1.39 bits per heavy atom. The molecule has 0 saturated heterocycles. The van der Waals surface area contributed by atoms with Gasteiger partial charge in [-0.25, -0.2) is 9.59 Å². The number of hydrogen-bond acceptors (Lipinski definition) is 5. The van der Waals surface area contributed by atoms with Crippen LogP contribution in [0.5, 0.6) is 0 Å². The molecule has 0 aliphatic heterocycles. The molecule has 0 aliphatic rings. The highest BCUT2D eigenvalue weighted by Gasteiger charge is 2.15. The number of aliphatic hydroxyl groups is 1. The van der Waals surface area contributed by atoms with E-state index >= 15 is 0 Å². The lowest BCUT2D eigenvalue weighted by Gasteiger charge is -2.18. The van der Waals surface area contributed by atoms with E-state index < -0.39 is 18.1 Å². The van der Waals surface area contributed by atoms with Crippen molar-refractivity contribution in [3.05, 3.63) is 0 Å². The molecule has 1 atom stereocenters. The first-order valence-corrected chi connectivity index (χ1v) is 5.35. The lowest BCUT2D eigenvalue weighted by Crippen LogP contribution is -2.43. The molecule has 0 bridgehead atoms. The van der Waals surface area contributed by atoms with Crippen molar-refractivity contribution in [2.24, 2.45) is 0 Å². The van der Waals surface area contributed by atoms with Crippen molar-refractivity contribution in [3.8, 4) is 0 Å². The van der Waals surface area contributed by atoms with E-state index in [1.54, 1.807) is 0 Å². The first-order valence-electron chi connectivity index (χ1n) is 5.35. The smallest absolute Gasteiger partial charge is 0.334 e. The Morgan fingerprint density at radius 2 is 2.00 bits per heavy atom. The summed E-state index contributed by atoms with van der Waals surface area (Å²) in [6, 6.07) is -0.514. The van der Waals surface area contributed by atoms with Crippen LogP contribution >= 0.6 is 0 Å². The number of carboxylic acids is 1. The zero-order valence-electron chi connectivity index (χ0n) is 10.4.